The SMILES string of the molecule is O=C=Nc1ccc(C=Cc2ccc(N=C=O)cc2S(=O)(=O)[O-])c(S(=O)(=O)[O-])c1.[Na+].[Na+]. The first-order valence-corrected chi connectivity index (χ1v) is 9.91. The minimum absolute atomic E-state index is 0. The third-order valence-electron chi connectivity index (χ3n) is 3.32. The first-order chi connectivity index (χ1) is 13.1. The van der Waals surface area contributed by atoms with Crippen molar-refractivity contribution < 1.29 is 94.6 Å². The molecule has 0 heterocycles. The molecule has 0 atom stereocenters. The van der Waals surface area contributed by atoms with E-state index in [4.69, 9.17) is 0 Å². The van der Waals surface area contributed by atoms with Crippen LogP contribution in [0.4, 0.5) is 11.4 Å². The first-order valence-electron chi connectivity index (χ1n) is 7.10. The van der Waals surface area contributed by atoms with Crippen LogP contribution in [0.15, 0.2) is 56.2 Å². The number of rotatable bonds is 6. The van der Waals surface area contributed by atoms with Gasteiger partial charge in [-0.2, -0.15) is 9.98 Å². The van der Waals surface area contributed by atoms with Crippen LogP contribution < -0.4 is 59.1 Å². The van der Waals surface area contributed by atoms with Crippen LogP contribution in [0.5, 0.6) is 0 Å². The second-order valence-electron chi connectivity index (χ2n) is 5.09. The van der Waals surface area contributed by atoms with Gasteiger partial charge in [-0.1, -0.05) is 24.3 Å². The topological polar surface area (TPSA) is 173 Å². The third-order valence-corrected chi connectivity index (χ3v) is 5.11. The molecule has 0 spiro atoms. The van der Waals surface area contributed by atoms with Crippen molar-refractivity contribution in [1.29, 1.82) is 0 Å². The van der Waals surface area contributed by atoms with Crippen molar-refractivity contribution in [3.05, 3.63) is 47.5 Å². The Morgan fingerprint density at radius 3 is 1.30 bits per heavy atom. The van der Waals surface area contributed by atoms with Crippen molar-refractivity contribution in [2.45, 2.75) is 9.79 Å². The number of carbonyl (C=O) groups excluding carboxylic acids is 2. The van der Waals surface area contributed by atoms with Crippen molar-refractivity contribution in [3.63, 3.8) is 0 Å². The predicted molar refractivity (Wildman–Crippen MR) is 93.3 cm³/mol. The standard InChI is InChI=1S/C16H10N2O8S2.2Na/c19-9-17-13-5-3-11(15(7-13)27(21,22)23)1-2-12-4-6-14(18-10-20)8-16(12)28(24,25)26;;/h1-8H,(H,21,22,23)(H,24,25,26);;/q;2*+1/p-2. The molecule has 0 aliphatic rings. The van der Waals surface area contributed by atoms with Gasteiger partial charge in [0.25, 0.3) is 0 Å². The summed E-state index contributed by atoms with van der Waals surface area (Å²) in [5, 5.41) is 0. The van der Waals surface area contributed by atoms with Gasteiger partial charge in [0.15, 0.2) is 0 Å². The average molecular weight is 466 g/mol. The van der Waals surface area contributed by atoms with E-state index < -0.39 is 30.0 Å². The Bertz CT molecular complexity index is 1180. The summed E-state index contributed by atoms with van der Waals surface area (Å²) in [6, 6.07) is 6.47. The maximum absolute atomic E-state index is 11.4. The normalized spacial score (nSPS) is 10.9. The van der Waals surface area contributed by atoms with E-state index in [1.165, 1.54) is 24.3 Å². The van der Waals surface area contributed by atoms with Crippen LogP contribution >= 0.6 is 0 Å². The number of nitrogens with zero attached hydrogens (tertiary/aromatic N) is 2. The number of aliphatic imine (C=N–C) groups is 2. The van der Waals surface area contributed by atoms with Gasteiger partial charge in [0.1, 0.15) is 20.2 Å². The summed E-state index contributed by atoms with van der Waals surface area (Å²) in [6.07, 6.45) is 4.58. The van der Waals surface area contributed by atoms with Gasteiger partial charge < -0.3 is 9.11 Å². The van der Waals surface area contributed by atoms with E-state index in [1.54, 1.807) is 0 Å². The number of isocyanates is 2. The fraction of sp³-hybridized carbons (Fsp3) is 0. The molecule has 2 aromatic carbocycles. The van der Waals surface area contributed by atoms with Gasteiger partial charge in [-0.3, -0.25) is 0 Å². The molecule has 0 fully saturated rings. The van der Waals surface area contributed by atoms with Gasteiger partial charge in [-0.15, -0.1) is 0 Å². The molecule has 2 aromatic rings. The molecule has 10 nitrogen and oxygen atoms in total. The number of hydrogen-bond acceptors (Lipinski definition) is 10. The Balaban J connectivity index is 0.00000420. The molecule has 0 saturated heterocycles. The van der Waals surface area contributed by atoms with E-state index in [0.717, 1.165) is 36.4 Å². The van der Waals surface area contributed by atoms with E-state index in [2.05, 4.69) is 9.98 Å². The molecular weight excluding hydrogens is 458 g/mol. The molecule has 30 heavy (non-hydrogen) atoms. The molecule has 144 valence electrons. The van der Waals surface area contributed by atoms with E-state index in [9.17, 15) is 35.5 Å². The Labute approximate surface area is 215 Å². The van der Waals surface area contributed by atoms with E-state index in [-0.39, 0.29) is 81.6 Å². The molecule has 0 aliphatic carbocycles. The molecule has 0 bridgehead atoms. The summed E-state index contributed by atoms with van der Waals surface area (Å²) in [4.78, 5) is 25.6. The molecule has 0 saturated carbocycles. The van der Waals surface area contributed by atoms with Crippen LogP contribution in [-0.2, 0) is 29.8 Å². The van der Waals surface area contributed by atoms with Crippen molar-refractivity contribution >= 4 is 55.9 Å². The van der Waals surface area contributed by atoms with Crippen molar-refractivity contribution in [1.82, 2.24) is 0 Å². The fourth-order valence-corrected chi connectivity index (χ4v) is 3.56. The summed E-state index contributed by atoms with van der Waals surface area (Å²) in [5.41, 5.74) is -0.519. The second-order valence-corrected chi connectivity index (χ2v) is 7.79. The maximum Gasteiger partial charge on any atom is 1.00 e. The van der Waals surface area contributed by atoms with E-state index in [0.29, 0.717) is 0 Å². The van der Waals surface area contributed by atoms with Crippen molar-refractivity contribution in [2.75, 3.05) is 0 Å². The van der Waals surface area contributed by atoms with Crippen molar-refractivity contribution in [2.24, 2.45) is 9.98 Å². The van der Waals surface area contributed by atoms with Crippen LogP contribution in [0.3, 0.4) is 0 Å². The van der Waals surface area contributed by atoms with Gasteiger partial charge in [0, 0.05) is 0 Å². The molecule has 0 aliphatic heterocycles. The summed E-state index contributed by atoms with van der Waals surface area (Å²) in [5.74, 6) is 0. The zero-order valence-electron chi connectivity index (χ0n) is 15.6. The molecule has 0 amide bonds. The number of benzene rings is 2. The quantitative estimate of drug-likeness (QED) is 0.135. The minimum atomic E-state index is -4.96. The zero-order valence-corrected chi connectivity index (χ0v) is 21.2. The van der Waals surface area contributed by atoms with E-state index >= 15 is 0 Å². The minimum Gasteiger partial charge on any atom is -0.744 e. The van der Waals surface area contributed by atoms with Crippen LogP contribution in [0, 0.1) is 0 Å². The Morgan fingerprint density at radius 2 is 1.03 bits per heavy atom. The average Bonchev–Trinajstić information content (AvgIpc) is 2.60. The fourth-order valence-electron chi connectivity index (χ4n) is 2.18. The summed E-state index contributed by atoms with van der Waals surface area (Å²) < 4.78 is 68.6. The molecule has 14 heteroatoms. The Morgan fingerprint density at radius 1 is 0.700 bits per heavy atom. The maximum atomic E-state index is 11.4. The Hall–Kier alpha value is -1.24. The molecule has 0 unspecified atom stereocenters. The van der Waals surface area contributed by atoms with Crippen molar-refractivity contribution in [3.8, 4) is 0 Å². The van der Waals surface area contributed by atoms with Crippen LogP contribution in [0.1, 0.15) is 11.1 Å². The molecule has 2 rings (SSSR count). The van der Waals surface area contributed by atoms with Crippen LogP contribution in [0.25, 0.3) is 12.2 Å². The van der Waals surface area contributed by atoms with Gasteiger partial charge in [0.2, 0.25) is 12.2 Å². The monoisotopic (exact) mass is 466 g/mol. The summed E-state index contributed by atoms with van der Waals surface area (Å²) in [6.45, 7) is 0. The van der Waals surface area contributed by atoms with Crippen LogP contribution in [-0.4, -0.2) is 38.1 Å². The van der Waals surface area contributed by atoms with Crippen LogP contribution in [0.2, 0.25) is 0 Å². The predicted octanol–water partition coefficient (Wildman–Crippen LogP) is -4.39. The Kier molecular flexibility index (Phi) is 11.5. The molecule has 0 N–H and O–H groups in total. The molecular formula is C16H8N2Na2O8S2. The van der Waals surface area contributed by atoms with Gasteiger partial charge in [-0.05, 0) is 35.4 Å². The third kappa shape index (κ3) is 7.78. The van der Waals surface area contributed by atoms with Gasteiger partial charge >= 0.3 is 59.1 Å². The molecule has 0 radical (unpaired) electrons. The molecule has 0 aromatic heterocycles. The van der Waals surface area contributed by atoms with Gasteiger partial charge in [0.05, 0.1) is 21.2 Å². The first kappa shape index (κ1) is 28.8. The smallest absolute Gasteiger partial charge is 0.744 e. The number of hydrogen-bond donors (Lipinski definition) is 0. The summed E-state index contributed by atoms with van der Waals surface area (Å²) in [7, 11) is -9.92. The van der Waals surface area contributed by atoms with Gasteiger partial charge in [-0.25, -0.2) is 26.4 Å². The summed E-state index contributed by atoms with van der Waals surface area (Å²) >= 11 is 0. The van der Waals surface area contributed by atoms with E-state index in [1.807, 2.05) is 0 Å². The largest absolute Gasteiger partial charge is 1.00 e. The second kappa shape index (κ2) is 12.0. The zero-order chi connectivity index (χ0) is 20.9.